The first-order valence-corrected chi connectivity index (χ1v) is 29.9. The summed E-state index contributed by atoms with van der Waals surface area (Å²) in [6, 6.07) is 0. The van der Waals surface area contributed by atoms with E-state index >= 15 is 0 Å². The molecule has 0 saturated heterocycles. The maximum atomic E-state index is 12.9. The molecule has 0 aliphatic heterocycles. The van der Waals surface area contributed by atoms with Crippen LogP contribution in [0.5, 0.6) is 0 Å². The van der Waals surface area contributed by atoms with Crippen molar-refractivity contribution in [3.05, 3.63) is 72.9 Å². The van der Waals surface area contributed by atoms with Gasteiger partial charge in [0.1, 0.15) is 13.2 Å². The number of allylic oxidation sites excluding steroid dienone is 12. The van der Waals surface area contributed by atoms with Gasteiger partial charge in [0.05, 0.1) is 0 Å². The SMILES string of the molecule is CC/C=C\C/C=C\C/C=C\C/C=C\CCCCCCCCC(=O)OCC(COC(=O)CCCCCCC/C=C\C/C=C\CCCCCC)OC(=O)CCCCCCCCCCCCCCCCCCC. The van der Waals surface area contributed by atoms with E-state index in [1.807, 2.05) is 0 Å². The van der Waals surface area contributed by atoms with Gasteiger partial charge in [0.15, 0.2) is 6.10 Å². The van der Waals surface area contributed by atoms with Crippen LogP contribution in [-0.2, 0) is 28.6 Å². The molecule has 0 aromatic carbocycles. The fourth-order valence-corrected chi connectivity index (χ4v) is 8.47. The van der Waals surface area contributed by atoms with Gasteiger partial charge in [-0.3, -0.25) is 14.4 Å². The van der Waals surface area contributed by atoms with Crippen LogP contribution in [0.2, 0.25) is 0 Å². The summed E-state index contributed by atoms with van der Waals surface area (Å²) in [5, 5.41) is 0. The highest BCUT2D eigenvalue weighted by Gasteiger charge is 2.19. The van der Waals surface area contributed by atoms with Crippen LogP contribution in [-0.4, -0.2) is 37.2 Å². The highest BCUT2D eigenvalue weighted by molar-refractivity contribution is 5.71. The molecular weight excluding hydrogens is 865 g/mol. The summed E-state index contributed by atoms with van der Waals surface area (Å²) in [4.78, 5) is 38.2. The molecule has 0 fully saturated rings. The molecule has 0 N–H and O–H groups in total. The quantitative estimate of drug-likeness (QED) is 0.0261. The highest BCUT2D eigenvalue weighted by Crippen LogP contribution is 2.16. The number of ether oxygens (including phenoxy) is 3. The Morgan fingerprint density at radius 3 is 0.886 bits per heavy atom. The molecule has 1 unspecified atom stereocenters. The van der Waals surface area contributed by atoms with Crippen LogP contribution in [0.4, 0.5) is 0 Å². The Hall–Kier alpha value is -3.15. The molecule has 0 heterocycles. The van der Waals surface area contributed by atoms with E-state index < -0.39 is 6.10 Å². The van der Waals surface area contributed by atoms with Gasteiger partial charge in [-0.1, -0.05) is 261 Å². The van der Waals surface area contributed by atoms with E-state index in [4.69, 9.17) is 14.2 Å². The summed E-state index contributed by atoms with van der Waals surface area (Å²) >= 11 is 0. The fourth-order valence-electron chi connectivity index (χ4n) is 8.47. The summed E-state index contributed by atoms with van der Waals surface area (Å²) < 4.78 is 16.9. The minimum Gasteiger partial charge on any atom is -0.462 e. The average Bonchev–Trinajstić information content (AvgIpc) is 3.36. The minimum atomic E-state index is -0.786. The van der Waals surface area contributed by atoms with Crippen molar-refractivity contribution in [1.29, 1.82) is 0 Å². The zero-order chi connectivity index (χ0) is 50.7. The lowest BCUT2D eigenvalue weighted by molar-refractivity contribution is -0.167. The van der Waals surface area contributed by atoms with Crippen molar-refractivity contribution in [2.45, 2.75) is 303 Å². The van der Waals surface area contributed by atoms with E-state index in [1.165, 1.54) is 148 Å². The van der Waals surface area contributed by atoms with Crippen molar-refractivity contribution in [3.63, 3.8) is 0 Å². The number of unbranched alkanes of at least 4 members (excludes halogenated alkanes) is 31. The molecule has 0 aromatic heterocycles. The van der Waals surface area contributed by atoms with Gasteiger partial charge in [0.25, 0.3) is 0 Å². The van der Waals surface area contributed by atoms with Gasteiger partial charge in [0, 0.05) is 19.3 Å². The van der Waals surface area contributed by atoms with Crippen molar-refractivity contribution in [1.82, 2.24) is 0 Å². The maximum Gasteiger partial charge on any atom is 0.306 e. The van der Waals surface area contributed by atoms with E-state index in [1.54, 1.807) is 0 Å². The molecule has 70 heavy (non-hydrogen) atoms. The largest absolute Gasteiger partial charge is 0.462 e. The van der Waals surface area contributed by atoms with Crippen LogP contribution in [0.15, 0.2) is 72.9 Å². The highest BCUT2D eigenvalue weighted by atomic mass is 16.6. The first-order valence-electron chi connectivity index (χ1n) is 29.9. The molecule has 0 rings (SSSR count). The molecule has 6 nitrogen and oxygen atoms in total. The van der Waals surface area contributed by atoms with Crippen LogP contribution in [0, 0.1) is 0 Å². The molecule has 0 bridgehead atoms. The molecule has 0 aliphatic rings. The third-order valence-electron chi connectivity index (χ3n) is 12.9. The van der Waals surface area contributed by atoms with Crippen molar-refractivity contribution < 1.29 is 28.6 Å². The van der Waals surface area contributed by atoms with Crippen LogP contribution in [0.1, 0.15) is 297 Å². The lowest BCUT2D eigenvalue weighted by atomic mass is 10.0. The normalized spacial score (nSPS) is 12.6. The number of hydrogen-bond acceptors (Lipinski definition) is 6. The van der Waals surface area contributed by atoms with Crippen molar-refractivity contribution >= 4 is 17.9 Å². The summed E-state index contributed by atoms with van der Waals surface area (Å²) in [5.74, 6) is -0.898. The molecule has 1 atom stereocenters. The second-order valence-corrected chi connectivity index (χ2v) is 19.9. The number of esters is 3. The smallest absolute Gasteiger partial charge is 0.306 e. The van der Waals surface area contributed by atoms with Crippen molar-refractivity contribution in [2.24, 2.45) is 0 Å². The van der Waals surface area contributed by atoms with Crippen molar-refractivity contribution in [3.8, 4) is 0 Å². The molecular formula is C64H112O6. The predicted octanol–water partition coefficient (Wildman–Crippen LogP) is 20.2. The monoisotopic (exact) mass is 977 g/mol. The Labute approximate surface area is 433 Å². The first kappa shape index (κ1) is 66.9. The minimum absolute atomic E-state index is 0.0851. The predicted molar refractivity (Wildman–Crippen MR) is 302 cm³/mol. The topological polar surface area (TPSA) is 78.9 Å². The Morgan fingerprint density at radius 2 is 0.557 bits per heavy atom. The zero-order valence-electron chi connectivity index (χ0n) is 46.3. The Morgan fingerprint density at radius 1 is 0.300 bits per heavy atom. The number of hydrogen-bond donors (Lipinski definition) is 0. The van der Waals surface area contributed by atoms with E-state index in [0.717, 1.165) is 109 Å². The zero-order valence-corrected chi connectivity index (χ0v) is 46.3. The Balaban J connectivity index is 4.41. The lowest BCUT2D eigenvalue weighted by Gasteiger charge is -2.18. The third-order valence-corrected chi connectivity index (χ3v) is 12.9. The molecule has 0 radical (unpaired) electrons. The van der Waals surface area contributed by atoms with Crippen LogP contribution in [0.3, 0.4) is 0 Å². The molecule has 0 aromatic rings. The number of rotatable bonds is 54. The lowest BCUT2D eigenvalue weighted by Crippen LogP contribution is -2.30. The van der Waals surface area contributed by atoms with E-state index in [0.29, 0.717) is 19.3 Å². The molecule has 6 heteroatoms. The molecule has 0 aliphatic carbocycles. The van der Waals surface area contributed by atoms with E-state index in [-0.39, 0.29) is 31.1 Å². The summed E-state index contributed by atoms with van der Waals surface area (Å²) in [7, 11) is 0. The summed E-state index contributed by atoms with van der Waals surface area (Å²) in [5.41, 5.74) is 0. The van der Waals surface area contributed by atoms with Gasteiger partial charge >= 0.3 is 17.9 Å². The third kappa shape index (κ3) is 55.8. The summed E-state index contributed by atoms with van der Waals surface area (Å²) in [6.07, 6.45) is 74.6. The molecule has 0 spiro atoms. The van der Waals surface area contributed by atoms with E-state index in [2.05, 4.69) is 93.7 Å². The van der Waals surface area contributed by atoms with Gasteiger partial charge in [0.2, 0.25) is 0 Å². The standard InChI is InChI=1S/C64H112O6/c1-4-7-10-13-16-19-22-25-28-31-32-34-36-39-42-45-48-51-54-57-63(66)69-60-61(59-68-62(65)56-53-50-47-44-41-38-35-30-27-24-21-18-15-12-9-6-3)70-64(67)58-55-52-49-46-43-40-37-33-29-26-23-20-17-14-11-8-5-2/h7,10,16,19,21,24-25,28,30,32,34-35,61H,4-6,8-9,11-15,17-18,20,22-23,26-27,29,31,33,36-60H2,1-3H3/b10-7-,19-16-,24-21-,28-25-,34-32-,35-30-. The van der Waals surface area contributed by atoms with Crippen LogP contribution >= 0.6 is 0 Å². The molecule has 404 valence electrons. The number of carbonyl (C=O) groups is 3. The second kappa shape index (κ2) is 58.4. The second-order valence-electron chi connectivity index (χ2n) is 19.9. The molecule has 0 amide bonds. The van der Waals surface area contributed by atoms with Crippen molar-refractivity contribution in [2.75, 3.05) is 13.2 Å². The summed E-state index contributed by atoms with van der Waals surface area (Å²) in [6.45, 7) is 6.52. The van der Waals surface area contributed by atoms with Gasteiger partial charge in [-0.15, -0.1) is 0 Å². The van der Waals surface area contributed by atoms with Gasteiger partial charge in [-0.05, 0) is 89.9 Å². The van der Waals surface area contributed by atoms with Gasteiger partial charge in [-0.25, -0.2) is 0 Å². The van der Waals surface area contributed by atoms with Gasteiger partial charge in [-0.2, -0.15) is 0 Å². The molecule has 0 saturated carbocycles. The number of carbonyl (C=O) groups excluding carboxylic acids is 3. The Kier molecular flexibility index (Phi) is 55.8. The maximum absolute atomic E-state index is 12.9. The Bertz CT molecular complexity index is 1310. The fraction of sp³-hybridized carbons (Fsp3) is 0.766. The van der Waals surface area contributed by atoms with E-state index in [9.17, 15) is 14.4 Å². The first-order chi connectivity index (χ1) is 34.5. The van der Waals surface area contributed by atoms with Crippen LogP contribution in [0.25, 0.3) is 0 Å². The van der Waals surface area contributed by atoms with Gasteiger partial charge < -0.3 is 14.2 Å². The van der Waals surface area contributed by atoms with Crippen LogP contribution < -0.4 is 0 Å². The average molecular weight is 978 g/mol.